The molecular weight excluding hydrogens is 326 g/mol. The molecule has 1 saturated heterocycles. The number of thioether (sulfide) groups is 1. The van der Waals surface area contributed by atoms with Crippen LogP contribution in [0.4, 0.5) is 5.13 Å². The number of carbonyl (C=O) groups is 2. The van der Waals surface area contributed by atoms with E-state index < -0.39 is 18.0 Å². The zero-order valence-electron chi connectivity index (χ0n) is 11.7. The summed E-state index contributed by atoms with van der Waals surface area (Å²) in [6, 6.07) is -0.249. The van der Waals surface area contributed by atoms with Crippen molar-refractivity contribution in [3.8, 4) is 0 Å². The molecule has 22 heavy (non-hydrogen) atoms. The summed E-state index contributed by atoms with van der Waals surface area (Å²) in [4.78, 5) is 29.6. The molecule has 0 spiro atoms. The molecule has 0 saturated carbocycles. The summed E-state index contributed by atoms with van der Waals surface area (Å²) in [5.41, 5.74) is 6.40. The average molecular weight is 341 g/mol. The largest absolute Gasteiger partial charge is 0.477 e. The van der Waals surface area contributed by atoms with E-state index in [4.69, 9.17) is 5.73 Å². The number of amides is 1. The van der Waals surface area contributed by atoms with Gasteiger partial charge < -0.3 is 20.8 Å². The second-order valence-electron chi connectivity index (χ2n) is 5.29. The Bertz CT molecular complexity index is 670. The number of rotatable bonds is 5. The van der Waals surface area contributed by atoms with Crippen molar-refractivity contribution in [2.45, 2.75) is 31.2 Å². The molecule has 118 valence electrons. The van der Waals surface area contributed by atoms with Gasteiger partial charge in [-0.25, -0.2) is 9.78 Å². The third kappa shape index (κ3) is 2.38. The first kappa shape index (κ1) is 15.3. The van der Waals surface area contributed by atoms with Gasteiger partial charge in [-0.2, -0.15) is 0 Å². The molecule has 3 atom stereocenters. The molecule has 9 heteroatoms. The van der Waals surface area contributed by atoms with E-state index in [-0.39, 0.29) is 17.6 Å². The molecule has 3 heterocycles. The van der Waals surface area contributed by atoms with E-state index in [0.29, 0.717) is 22.2 Å². The van der Waals surface area contributed by atoms with Crippen LogP contribution in [0, 0.1) is 5.92 Å². The van der Waals surface area contributed by atoms with E-state index in [2.05, 4.69) is 4.98 Å². The molecule has 1 amide bonds. The highest BCUT2D eigenvalue weighted by Crippen LogP contribution is 2.47. The topological polar surface area (TPSA) is 117 Å². The predicted molar refractivity (Wildman–Crippen MR) is 82.9 cm³/mol. The molecule has 7 nitrogen and oxygen atoms in total. The number of aliphatic hydroxyl groups is 1. The highest BCUT2D eigenvalue weighted by molar-refractivity contribution is 8.02. The molecule has 1 aromatic heterocycles. The minimum atomic E-state index is -1.11. The van der Waals surface area contributed by atoms with Gasteiger partial charge in [-0.3, -0.25) is 4.79 Å². The van der Waals surface area contributed by atoms with Crippen LogP contribution in [-0.4, -0.2) is 44.1 Å². The smallest absolute Gasteiger partial charge is 0.353 e. The van der Waals surface area contributed by atoms with E-state index in [1.54, 1.807) is 6.92 Å². The summed E-state index contributed by atoms with van der Waals surface area (Å²) < 4.78 is 0. The van der Waals surface area contributed by atoms with Crippen molar-refractivity contribution in [1.29, 1.82) is 0 Å². The quantitative estimate of drug-likeness (QED) is 0.680. The fourth-order valence-corrected chi connectivity index (χ4v) is 4.66. The van der Waals surface area contributed by atoms with E-state index in [1.807, 2.05) is 5.38 Å². The first-order chi connectivity index (χ1) is 10.4. The summed E-state index contributed by atoms with van der Waals surface area (Å²) in [5, 5.41) is 21.4. The van der Waals surface area contributed by atoms with Gasteiger partial charge in [-0.1, -0.05) is 0 Å². The number of aromatic nitrogens is 1. The lowest BCUT2D eigenvalue weighted by Crippen LogP contribution is -2.61. The summed E-state index contributed by atoms with van der Waals surface area (Å²) in [6.07, 6.45) is -0.306. The molecule has 0 aliphatic carbocycles. The van der Waals surface area contributed by atoms with E-state index in [1.165, 1.54) is 28.0 Å². The maximum Gasteiger partial charge on any atom is 0.353 e. The second kappa shape index (κ2) is 5.56. The van der Waals surface area contributed by atoms with Gasteiger partial charge in [0.1, 0.15) is 5.70 Å². The van der Waals surface area contributed by atoms with E-state index in [9.17, 15) is 19.8 Å². The normalized spacial score (nSPS) is 25.2. The summed E-state index contributed by atoms with van der Waals surface area (Å²) in [6.45, 7) is 1.56. The van der Waals surface area contributed by atoms with E-state index >= 15 is 0 Å². The molecule has 2 aliphatic rings. The molecular formula is C13H15N3O4S2. The van der Waals surface area contributed by atoms with Crippen LogP contribution in [0.3, 0.4) is 0 Å². The fraction of sp³-hybridized carbons (Fsp3) is 0.462. The lowest BCUT2D eigenvalue weighted by atomic mass is 9.83. The van der Waals surface area contributed by atoms with Crippen molar-refractivity contribution in [2.75, 3.05) is 5.73 Å². The number of aliphatic carboxylic acids is 1. The number of anilines is 1. The van der Waals surface area contributed by atoms with Crippen LogP contribution in [0.1, 0.15) is 19.0 Å². The summed E-state index contributed by atoms with van der Waals surface area (Å²) >= 11 is 2.70. The van der Waals surface area contributed by atoms with Crippen LogP contribution in [0.5, 0.6) is 0 Å². The molecule has 0 bridgehead atoms. The van der Waals surface area contributed by atoms with Crippen LogP contribution in [0.25, 0.3) is 0 Å². The lowest BCUT2D eigenvalue weighted by Gasteiger charge is -2.44. The summed E-state index contributed by atoms with van der Waals surface area (Å²) in [7, 11) is 0. The molecule has 4 N–H and O–H groups in total. The number of carboxylic acids is 1. The molecule has 0 radical (unpaired) electrons. The van der Waals surface area contributed by atoms with Crippen LogP contribution in [-0.2, 0) is 15.3 Å². The van der Waals surface area contributed by atoms with Gasteiger partial charge in [0, 0.05) is 22.5 Å². The number of hydrogen-bond donors (Lipinski definition) is 3. The second-order valence-corrected chi connectivity index (χ2v) is 7.25. The van der Waals surface area contributed by atoms with Crippen molar-refractivity contribution in [1.82, 2.24) is 9.88 Å². The zero-order valence-corrected chi connectivity index (χ0v) is 13.4. The number of hydrogen-bond acceptors (Lipinski definition) is 7. The van der Waals surface area contributed by atoms with Gasteiger partial charge in [-0.15, -0.1) is 23.1 Å². The van der Waals surface area contributed by atoms with Gasteiger partial charge in [0.05, 0.1) is 23.8 Å². The van der Waals surface area contributed by atoms with Crippen LogP contribution < -0.4 is 5.73 Å². The van der Waals surface area contributed by atoms with Crippen LogP contribution >= 0.6 is 23.1 Å². The zero-order chi connectivity index (χ0) is 16.0. The number of carboxylic acid groups (broad SMARTS) is 1. The first-order valence-electron chi connectivity index (χ1n) is 6.70. The Kier molecular flexibility index (Phi) is 3.87. The van der Waals surface area contributed by atoms with Crippen LogP contribution in [0.15, 0.2) is 16.0 Å². The number of fused-ring (bicyclic) bond motifs is 1. The average Bonchev–Trinajstić information content (AvgIpc) is 2.97. The highest BCUT2D eigenvalue weighted by Gasteiger charge is 2.56. The maximum absolute atomic E-state index is 12.1. The first-order valence-corrected chi connectivity index (χ1v) is 8.57. The van der Waals surface area contributed by atoms with Crippen molar-refractivity contribution in [3.05, 3.63) is 21.7 Å². The molecule has 2 aliphatic heterocycles. The Morgan fingerprint density at radius 2 is 2.41 bits per heavy atom. The molecule has 0 aromatic carbocycles. The third-order valence-corrected chi connectivity index (χ3v) is 5.73. The number of aliphatic hydroxyl groups excluding tert-OH is 1. The van der Waals surface area contributed by atoms with Gasteiger partial charge >= 0.3 is 5.97 Å². The molecule has 3 rings (SSSR count). The molecule has 1 aromatic rings. The maximum atomic E-state index is 12.1. The highest BCUT2D eigenvalue weighted by atomic mass is 32.2. The Balaban J connectivity index is 1.78. The Labute approximate surface area is 134 Å². The molecule has 0 unspecified atom stereocenters. The lowest BCUT2D eigenvalue weighted by molar-refractivity contribution is -0.161. The monoisotopic (exact) mass is 341 g/mol. The standard InChI is InChI=1S/C13H15N3O4S2/c1-5(17)9-7-2-8(10(12(19)20)16(7)11(9)18)21-3-6-4-22-13(14)15-6/h4-5,7,9,17H,2-3H2,1H3,(H2,14,15)(H,19,20)/t5-,7+,9-/m0/s1. The Morgan fingerprint density at radius 1 is 1.68 bits per heavy atom. The minimum Gasteiger partial charge on any atom is -0.477 e. The SMILES string of the molecule is C[C@H](O)[C@@H]1C(=O)N2C(C(=O)O)=C(SCc3csc(N)n3)C[C@H]12. The van der Waals surface area contributed by atoms with Crippen molar-refractivity contribution in [3.63, 3.8) is 0 Å². The van der Waals surface area contributed by atoms with Crippen molar-refractivity contribution >= 4 is 40.1 Å². The number of nitrogens with two attached hydrogens (primary N) is 1. The van der Waals surface area contributed by atoms with Gasteiger partial charge in [-0.05, 0) is 6.92 Å². The Hall–Kier alpha value is -1.58. The number of nitrogen functional groups attached to an aromatic ring is 1. The van der Waals surface area contributed by atoms with Crippen molar-refractivity contribution < 1.29 is 19.8 Å². The minimum absolute atomic E-state index is 0.0418. The number of β-lactam (4-membered cyclic amide) rings is 1. The number of thiazole rings is 1. The van der Waals surface area contributed by atoms with Gasteiger partial charge in [0.15, 0.2) is 5.13 Å². The number of carbonyl (C=O) groups excluding carboxylic acids is 1. The van der Waals surface area contributed by atoms with Crippen LogP contribution in [0.2, 0.25) is 0 Å². The van der Waals surface area contributed by atoms with Gasteiger partial charge in [0.2, 0.25) is 5.91 Å². The van der Waals surface area contributed by atoms with Gasteiger partial charge in [0.25, 0.3) is 0 Å². The molecule has 1 fully saturated rings. The fourth-order valence-electron chi connectivity index (χ4n) is 2.91. The third-order valence-electron chi connectivity index (χ3n) is 3.85. The van der Waals surface area contributed by atoms with Crippen molar-refractivity contribution in [2.24, 2.45) is 5.92 Å². The number of nitrogens with zero attached hydrogens (tertiary/aromatic N) is 2. The predicted octanol–water partition coefficient (Wildman–Crippen LogP) is 0.866. The Morgan fingerprint density at radius 3 is 2.95 bits per heavy atom. The van der Waals surface area contributed by atoms with E-state index in [0.717, 1.165) is 5.69 Å². The summed E-state index contributed by atoms with van der Waals surface area (Å²) in [5.74, 6) is -1.43.